The molecule has 2 heterocycles. The van der Waals surface area contributed by atoms with Gasteiger partial charge in [-0.25, -0.2) is 9.78 Å². The van der Waals surface area contributed by atoms with Crippen molar-refractivity contribution in [2.45, 2.75) is 39.0 Å². The quantitative estimate of drug-likeness (QED) is 0.877. The van der Waals surface area contributed by atoms with E-state index in [0.29, 0.717) is 19.0 Å². The van der Waals surface area contributed by atoms with E-state index < -0.39 is 0 Å². The van der Waals surface area contributed by atoms with E-state index in [1.807, 2.05) is 0 Å². The average Bonchev–Trinajstić information content (AvgIpc) is 3.07. The van der Waals surface area contributed by atoms with Crippen LogP contribution in [0.1, 0.15) is 37.9 Å². The lowest BCUT2D eigenvalue weighted by Gasteiger charge is -2.14. The molecule has 1 aliphatic heterocycles. The maximum atomic E-state index is 11.7. The minimum atomic E-state index is -0.102. The Hall–Kier alpha value is -1.14. The highest BCUT2D eigenvalue weighted by Crippen LogP contribution is 2.23. The summed E-state index contributed by atoms with van der Waals surface area (Å²) in [7, 11) is 0. The molecule has 0 unspecified atom stereocenters. The van der Waals surface area contributed by atoms with Crippen LogP contribution in [0.15, 0.2) is 5.38 Å². The number of nitrogens with one attached hydrogen (secondary N) is 2. The van der Waals surface area contributed by atoms with E-state index in [-0.39, 0.29) is 11.4 Å². The number of thiazole rings is 1. The third-order valence-corrected chi connectivity index (χ3v) is 4.43. The van der Waals surface area contributed by atoms with Gasteiger partial charge in [-0.3, -0.25) is 0 Å². The molecule has 6 heteroatoms. The number of rotatable bonds is 5. The maximum Gasteiger partial charge on any atom is 0.314 e. The van der Waals surface area contributed by atoms with Crippen molar-refractivity contribution in [1.82, 2.24) is 15.6 Å². The fourth-order valence-electron chi connectivity index (χ4n) is 2.10. The Kier molecular flexibility index (Phi) is 5.58. The topological polar surface area (TPSA) is 63.2 Å². The molecule has 1 aromatic rings. The van der Waals surface area contributed by atoms with Crippen molar-refractivity contribution in [3.05, 3.63) is 16.1 Å². The molecule has 118 valence electrons. The van der Waals surface area contributed by atoms with Crippen molar-refractivity contribution in [3.8, 4) is 0 Å². The first-order valence-electron chi connectivity index (χ1n) is 7.49. The number of carbonyl (C=O) groups excluding carboxylic acids is 1. The van der Waals surface area contributed by atoms with Gasteiger partial charge in [0.15, 0.2) is 0 Å². The molecule has 2 N–H and O–H groups in total. The number of carbonyl (C=O) groups is 1. The van der Waals surface area contributed by atoms with Gasteiger partial charge in [-0.05, 0) is 6.42 Å². The standard InChI is InChI=1S/C15H25N3O2S/c1-15(2,3)12-10-21-13(18-12)4-6-16-14(19)17-8-11-5-7-20-9-11/h10-11H,4-9H2,1-3H3,(H2,16,17,19)/t11-/m0/s1. The van der Waals surface area contributed by atoms with Gasteiger partial charge in [0.05, 0.1) is 17.3 Å². The number of urea groups is 1. The van der Waals surface area contributed by atoms with Gasteiger partial charge in [0.1, 0.15) is 0 Å². The Bertz CT molecular complexity index is 462. The van der Waals surface area contributed by atoms with Gasteiger partial charge in [0.25, 0.3) is 0 Å². The lowest BCUT2D eigenvalue weighted by Crippen LogP contribution is -2.39. The highest BCUT2D eigenvalue weighted by Gasteiger charge is 2.18. The van der Waals surface area contributed by atoms with Crippen LogP contribution in [0.4, 0.5) is 4.79 Å². The molecule has 0 aromatic carbocycles. The monoisotopic (exact) mass is 311 g/mol. The Morgan fingerprint density at radius 1 is 1.48 bits per heavy atom. The second kappa shape index (κ2) is 7.22. The average molecular weight is 311 g/mol. The number of amides is 2. The molecule has 1 fully saturated rings. The van der Waals surface area contributed by atoms with Crippen molar-refractivity contribution in [1.29, 1.82) is 0 Å². The number of aromatic nitrogens is 1. The van der Waals surface area contributed by atoms with Crippen molar-refractivity contribution >= 4 is 17.4 Å². The summed E-state index contributed by atoms with van der Waals surface area (Å²) in [4.78, 5) is 16.3. The summed E-state index contributed by atoms with van der Waals surface area (Å²) < 4.78 is 5.28. The first-order valence-corrected chi connectivity index (χ1v) is 8.37. The van der Waals surface area contributed by atoms with Crippen molar-refractivity contribution in [3.63, 3.8) is 0 Å². The Morgan fingerprint density at radius 3 is 2.90 bits per heavy atom. The normalized spacial score (nSPS) is 18.7. The summed E-state index contributed by atoms with van der Waals surface area (Å²) in [5.74, 6) is 0.462. The van der Waals surface area contributed by atoms with E-state index >= 15 is 0 Å². The molecular weight excluding hydrogens is 286 g/mol. The molecule has 2 rings (SSSR count). The molecule has 1 saturated heterocycles. The smallest absolute Gasteiger partial charge is 0.314 e. The first kappa shape index (κ1) is 16.2. The van der Waals surface area contributed by atoms with Gasteiger partial charge in [-0.2, -0.15) is 0 Å². The van der Waals surface area contributed by atoms with E-state index in [9.17, 15) is 4.79 Å². The molecule has 2 amide bonds. The second-order valence-corrected chi connectivity index (χ2v) is 7.44. The molecule has 1 aromatic heterocycles. The second-order valence-electron chi connectivity index (χ2n) is 6.49. The van der Waals surface area contributed by atoms with Gasteiger partial charge in [0, 0.05) is 42.8 Å². The predicted molar refractivity (Wildman–Crippen MR) is 84.8 cm³/mol. The SMILES string of the molecule is CC(C)(C)c1csc(CCNC(=O)NC[C@@H]2CCOC2)n1. The van der Waals surface area contributed by atoms with Crippen molar-refractivity contribution in [2.24, 2.45) is 5.92 Å². The van der Waals surface area contributed by atoms with Gasteiger partial charge in [0.2, 0.25) is 0 Å². The number of hydrogen-bond acceptors (Lipinski definition) is 4. The summed E-state index contributed by atoms with van der Waals surface area (Å²) >= 11 is 1.66. The van der Waals surface area contributed by atoms with Gasteiger partial charge >= 0.3 is 6.03 Å². The molecule has 0 radical (unpaired) electrons. The number of hydrogen-bond donors (Lipinski definition) is 2. The summed E-state index contributed by atoms with van der Waals surface area (Å²) in [6.07, 6.45) is 1.82. The molecule has 5 nitrogen and oxygen atoms in total. The van der Waals surface area contributed by atoms with Crippen LogP contribution in [0, 0.1) is 5.92 Å². The largest absolute Gasteiger partial charge is 0.381 e. The van der Waals surface area contributed by atoms with E-state index in [2.05, 4.69) is 41.8 Å². The Labute approximate surface area is 130 Å². The molecule has 1 aliphatic rings. The van der Waals surface area contributed by atoms with E-state index in [1.165, 1.54) is 0 Å². The summed E-state index contributed by atoms with van der Waals surface area (Å²) in [5.41, 5.74) is 1.20. The predicted octanol–water partition coefficient (Wildman–Crippen LogP) is 2.32. The lowest BCUT2D eigenvalue weighted by atomic mass is 9.93. The molecule has 0 spiro atoms. The summed E-state index contributed by atoms with van der Waals surface area (Å²) in [6.45, 7) is 9.35. The molecule has 0 aliphatic carbocycles. The van der Waals surface area contributed by atoms with Crippen LogP contribution in [0.25, 0.3) is 0 Å². The van der Waals surface area contributed by atoms with E-state index in [4.69, 9.17) is 4.74 Å². The van der Waals surface area contributed by atoms with Crippen LogP contribution in [0.5, 0.6) is 0 Å². The van der Waals surface area contributed by atoms with Crippen LogP contribution in [0.2, 0.25) is 0 Å². The zero-order valence-electron chi connectivity index (χ0n) is 13.1. The summed E-state index contributed by atoms with van der Waals surface area (Å²) in [6, 6.07) is -0.102. The van der Waals surface area contributed by atoms with E-state index in [1.54, 1.807) is 11.3 Å². The van der Waals surface area contributed by atoms with Crippen LogP contribution >= 0.6 is 11.3 Å². The Balaban J connectivity index is 1.64. The zero-order valence-corrected chi connectivity index (χ0v) is 13.9. The van der Waals surface area contributed by atoms with Crippen molar-refractivity contribution < 1.29 is 9.53 Å². The van der Waals surface area contributed by atoms with Crippen LogP contribution in [-0.4, -0.2) is 37.3 Å². The summed E-state index contributed by atoms with van der Waals surface area (Å²) in [5, 5.41) is 8.95. The molecule has 0 bridgehead atoms. The highest BCUT2D eigenvalue weighted by molar-refractivity contribution is 7.09. The van der Waals surface area contributed by atoms with E-state index in [0.717, 1.165) is 36.8 Å². The van der Waals surface area contributed by atoms with Crippen LogP contribution < -0.4 is 10.6 Å². The first-order chi connectivity index (χ1) is 9.95. The zero-order chi connectivity index (χ0) is 15.3. The fourth-order valence-corrected chi connectivity index (χ4v) is 3.12. The van der Waals surface area contributed by atoms with Crippen LogP contribution in [0.3, 0.4) is 0 Å². The molecule has 21 heavy (non-hydrogen) atoms. The van der Waals surface area contributed by atoms with Crippen LogP contribution in [-0.2, 0) is 16.6 Å². The van der Waals surface area contributed by atoms with Crippen molar-refractivity contribution in [2.75, 3.05) is 26.3 Å². The number of nitrogens with zero attached hydrogens (tertiary/aromatic N) is 1. The minimum Gasteiger partial charge on any atom is -0.381 e. The molecule has 1 atom stereocenters. The highest BCUT2D eigenvalue weighted by atomic mass is 32.1. The lowest BCUT2D eigenvalue weighted by molar-refractivity contribution is 0.185. The van der Waals surface area contributed by atoms with Gasteiger partial charge in [-0.15, -0.1) is 11.3 Å². The number of ether oxygens (including phenoxy) is 1. The van der Waals surface area contributed by atoms with Gasteiger partial charge in [-0.1, -0.05) is 20.8 Å². The maximum absolute atomic E-state index is 11.7. The molecular formula is C15H25N3O2S. The van der Waals surface area contributed by atoms with Gasteiger partial charge < -0.3 is 15.4 Å². The third-order valence-electron chi connectivity index (χ3n) is 3.52. The molecule has 0 saturated carbocycles. The minimum absolute atomic E-state index is 0.0862. The fraction of sp³-hybridized carbons (Fsp3) is 0.733. The Morgan fingerprint density at radius 2 is 2.29 bits per heavy atom. The third kappa shape index (κ3) is 5.28.